The van der Waals surface area contributed by atoms with Crippen molar-refractivity contribution in [2.24, 2.45) is 0 Å². The monoisotopic (exact) mass is 299 g/mol. The lowest BCUT2D eigenvalue weighted by Crippen LogP contribution is -2.22. The van der Waals surface area contributed by atoms with E-state index in [1.807, 2.05) is 11.8 Å². The number of rotatable bonds is 9. The summed E-state index contributed by atoms with van der Waals surface area (Å²) in [4.78, 5) is 1.37. The van der Waals surface area contributed by atoms with Crippen LogP contribution in [0.4, 0.5) is 0 Å². The molecule has 1 unspecified atom stereocenters. The second kappa shape index (κ2) is 9.64. The molecule has 1 atom stereocenters. The fourth-order valence-electron chi connectivity index (χ4n) is 2.38. The first-order valence-electron chi connectivity index (χ1n) is 7.86. The molecule has 2 aromatic carbocycles. The van der Waals surface area contributed by atoms with Gasteiger partial charge in [-0.25, -0.2) is 0 Å². The summed E-state index contributed by atoms with van der Waals surface area (Å²) in [5.74, 6) is 1.18. The zero-order chi connectivity index (χ0) is 14.8. The molecule has 0 saturated carbocycles. The van der Waals surface area contributed by atoms with Crippen LogP contribution in [0.25, 0.3) is 0 Å². The summed E-state index contributed by atoms with van der Waals surface area (Å²) in [6.45, 7) is 3.31. The van der Waals surface area contributed by atoms with Gasteiger partial charge in [-0.1, -0.05) is 55.5 Å². The Morgan fingerprint density at radius 2 is 1.62 bits per heavy atom. The minimum atomic E-state index is 0.488. The van der Waals surface area contributed by atoms with E-state index in [0.29, 0.717) is 6.04 Å². The molecule has 0 aliphatic rings. The lowest BCUT2D eigenvalue weighted by Gasteiger charge is -2.19. The zero-order valence-corrected chi connectivity index (χ0v) is 13.6. The lowest BCUT2D eigenvalue weighted by atomic mass is 10.0. The fraction of sp³-hybridized carbons (Fsp3) is 0.368. The van der Waals surface area contributed by atoms with E-state index in [1.54, 1.807) is 0 Å². The summed E-state index contributed by atoms with van der Waals surface area (Å²) in [6, 6.07) is 22.0. The Balaban J connectivity index is 1.79. The summed E-state index contributed by atoms with van der Waals surface area (Å²) in [7, 11) is 0. The maximum absolute atomic E-state index is 3.68. The topological polar surface area (TPSA) is 12.0 Å². The van der Waals surface area contributed by atoms with Crippen molar-refractivity contribution < 1.29 is 0 Å². The molecular formula is C19H25NS. The maximum Gasteiger partial charge on any atom is 0.0320 e. The van der Waals surface area contributed by atoms with Gasteiger partial charge in [0.25, 0.3) is 0 Å². The highest BCUT2D eigenvalue weighted by molar-refractivity contribution is 7.99. The van der Waals surface area contributed by atoms with E-state index < -0.39 is 0 Å². The van der Waals surface area contributed by atoms with E-state index >= 15 is 0 Å². The van der Waals surface area contributed by atoms with E-state index in [9.17, 15) is 0 Å². The Morgan fingerprint density at radius 3 is 2.29 bits per heavy atom. The van der Waals surface area contributed by atoms with Gasteiger partial charge in [0.1, 0.15) is 0 Å². The van der Waals surface area contributed by atoms with Crippen molar-refractivity contribution in [1.82, 2.24) is 5.32 Å². The molecule has 0 aliphatic carbocycles. The first-order chi connectivity index (χ1) is 10.4. The van der Waals surface area contributed by atoms with Gasteiger partial charge in [-0.3, -0.25) is 0 Å². The molecule has 1 N–H and O–H groups in total. The molecule has 0 heterocycles. The number of hydrogen-bond donors (Lipinski definition) is 1. The van der Waals surface area contributed by atoms with Crippen LogP contribution in [0.3, 0.4) is 0 Å². The minimum absolute atomic E-state index is 0.488. The summed E-state index contributed by atoms with van der Waals surface area (Å²) in [5, 5.41) is 3.68. The van der Waals surface area contributed by atoms with Crippen LogP contribution in [-0.2, 0) is 0 Å². The third-order valence-corrected chi connectivity index (χ3v) is 4.59. The van der Waals surface area contributed by atoms with Crippen molar-refractivity contribution in [3.8, 4) is 0 Å². The molecule has 0 aliphatic heterocycles. The van der Waals surface area contributed by atoms with Gasteiger partial charge in [-0.2, -0.15) is 0 Å². The highest BCUT2D eigenvalue weighted by atomic mass is 32.2. The maximum atomic E-state index is 3.68. The van der Waals surface area contributed by atoms with E-state index in [4.69, 9.17) is 0 Å². The van der Waals surface area contributed by atoms with Gasteiger partial charge in [0, 0.05) is 10.9 Å². The molecule has 0 aromatic heterocycles. The van der Waals surface area contributed by atoms with Crippen LogP contribution in [0, 0.1) is 0 Å². The van der Waals surface area contributed by atoms with Gasteiger partial charge in [0.05, 0.1) is 0 Å². The SMILES string of the molecule is CCCNC(CCCSc1ccccc1)c1ccccc1. The molecule has 0 fully saturated rings. The molecule has 2 aromatic rings. The first kappa shape index (κ1) is 16.1. The quantitative estimate of drug-likeness (QED) is 0.498. The molecule has 1 nitrogen and oxygen atoms in total. The minimum Gasteiger partial charge on any atom is -0.310 e. The molecule has 21 heavy (non-hydrogen) atoms. The lowest BCUT2D eigenvalue weighted by molar-refractivity contribution is 0.495. The van der Waals surface area contributed by atoms with Crippen LogP contribution < -0.4 is 5.32 Å². The second-order valence-corrected chi connectivity index (χ2v) is 6.39. The van der Waals surface area contributed by atoms with Gasteiger partial charge in [0.15, 0.2) is 0 Å². The van der Waals surface area contributed by atoms with Crippen LogP contribution in [0.15, 0.2) is 65.6 Å². The molecule has 2 rings (SSSR count). The molecule has 0 radical (unpaired) electrons. The molecule has 0 bridgehead atoms. The molecular weight excluding hydrogens is 274 g/mol. The predicted molar refractivity (Wildman–Crippen MR) is 93.9 cm³/mol. The van der Waals surface area contributed by atoms with Gasteiger partial charge >= 0.3 is 0 Å². The van der Waals surface area contributed by atoms with Crippen molar-refractivity contribution in [2.45, 2.75) is 37.1 Å². The Bertz CT molecular complexity index is 483. The van der Waals surface area contributed by atoms with E-state index in [-0.39, 0.29) is 0 Å². The highest BCUT2D eigenvalue weighted by Gasteiger charge is 2.09. The summed E-state index contributed by atoms with van der Waals surface area (Å²) < 4.78 is 0. The Kier molecular flexibility index (Phi) is 7.41. The number of nitrogens with one attached hydrogen (secondary N) is 1. The average Bonchev–Trinajstić information content (AvgIpc) is 2.56. The van der Waals surface area contributed by atoms with Gasteiger partial charge in [-0.15, -0.1) is 11.8 Å². The van der Waals surface area contributed by atoms with Crippen molar-refractivity contribution in [3.05, 3.63) is 66.2 Å². The number of benzene rings is 2. The van der Waals surface area contributed by atoms with Gasteiger partial charge in [0.2, 0.25) is 0 Å². The first-order valence-corrected chi connectivity index (χ1v) is 8.85. The third kappa shape index (κ3) is 5.94. The molecule has 0 spiro atoms. The van der Waals surface area contributed by atoms with Crippen LogP contribution in [0.2, 0.25) is 0 Å². The highest BCUT2D eigenvalue weighted by Crippen LogP contribution is 2.23. The molecule has 2 heteroatoms. The van der Waals surface area contributed by atoms with Crippen molar-refractivity contribution >= 4 is 11.8 Å². The van der Waals surface area contributed by atoms with Gasteiger partial charge < -0.3 is 5.32 Å². The summed E-state index contributed by atoms with van der Waals surface area (Å²) in [6.07, 6.45) is 3.61. The third-order valence-electron chi connectivity index (χ3n) is 3.49. The Labute approximate surface area is 133 Å². The molecule has 0 saturated heterocycles. The summed E-state index contributed by atoms with van der Waals surface area (Å²) in [5.41, 5.74) is 1.41. The molecule has 0 amide bonds. The van der Waals surface area contributed by atoms with Crippen LogP contribution in [0.5, 0.6) is 0 Å². The Hall–Kier alpha value is -1.25. The predicted octanol–water partition coefficient (Wildman–Crippen LogP) is 5.30. The number of hydrogen-bond acceptors (Lipinski definition) is 2. The number of thioether (sulfide) groups is 1. The standard InChI is InChI=1S/C19H25NS/c1-2-15-20-19(17-10-5-3-6-11-17)14-9-16-21-18-12-7-4-8-13-18/h3-8,10-13,19-20H,2,9,14-16H2,1H3. The van der Waals surface area contributed by atoms with Gasteiger partial charge in [-0.05, 0) is 49.3 Å². The van der Waals surface area contributed by atoms with Crippen LogP contribution in [-0.4, -0.2) is 12.3 Å². The average molecular weight is 299 g/mol. The smallest absolute Gasteiger partial charge is 0.0320 e. The normalized spacial score (nSPS) is 12.2. The summed E-state index contributed by atoms with van der Waals surface area (Å²) >= 11 is 1.95. The zero-order valence-electron chi connectivity index (χ0n) is 12.8. The molecule has 112 valence electrons. The second-order valence-electron chi connectivity index (χ2n) is 5.22. The fourth-order valence-corrected chi connectivity index (χ4v) is 3.28. The van der Waals surface area contributed by atoms with E-state index in [0.717, 1.165) is 6.54 Å². The van der Waals surface area contributed by atoms with E-state index in [2.05, 4.69) is 72.9 Å². The van der Waals surface area contributed by atoms with Crippen molar-refractivity contribution in [1.29, 1.82) is 0 Å². The van der Waals surface area contributed by atoms with Crippen LogP contribution in [0.1, 0.15) is 37.8 Å². The Morgan fingerprint density at radius 1 is 0.952 bits per heavy atom. The largest absolute Gasteiger partial charge is 0.310 e. The van der Waals surface area contributed by atoms with E-state index in [1.165, 1.54) is 35.5 Å². The van der Waals surface area contributed by atoms with Crippen molar-refractivity contribution in [3.63, 3.8) is 0 Å². The van der Waals surface area contributed by atoms with Crippen LogP contribution >= 0.6 is 11.8 Å². The van der Waals surface area contributed by atoms with Crippen molar-refractivity contribution in [2.75, 3.05) is 12.3 Å².